The first-order valence-corrected chi connectivity index (χ1v) is 12.3. The second kappa shape index (κ2) is 10.6. The maximum atomic E-state index is 15.1. The highest BCUT2D eigenvalue weighted by Crippen LogP contribution is 2.36. The predicted octanol–water partition coefficient (Wildman–Crippen LogP) is 4.36. The van der Waals surface area contributed by atoms with Crippen molar-refractivity contribution in [3.8, 4) is 0 Å². The van der Waals surface area contributed by atoms with E-state index < -0.39 is 41.2 Å². The van der Waals surface area contributed by atoms with Crippen LogP contribution >= 0.6 is 11.6 Å². The molecule has 1 saturated heterocycles. The monoisotopic (exact) mass is 531 g/mol. The van der Waals surface area contributed by atoms with Crippen molar-refractivity contribution in [2.75, 3.05) is 13.2 Å². The zero-order valence-electron chi connectivity index (χ0n) is 20.3. The fourth-order valence-corrected chi connectivity index (χ4v) is 5.35. The van der Waals surface area contributed by atoms with Gasteiger partial charge in [-0.05, 0) is 42.5 Å². The van der Waals surface area contributed by atoms with Crippen molar-refractivity contribution in [1.82, 2.24) is 9.47 Å². The quantitative estimate of drug-likeness (QED) is 0.450. The molecule has 7 nitrogen and oxygen atoms in total. The summed E-state index contributed by atoms with van der Waals surface area (Å²) in [5.41, 5.74) is 4.93. The number of benzene rings is 2. The van der Waals surface area contributed by atoms with Crippen molar-refractivity contribution >= 4 is 40.2 Å². The number of likely N-dealkylation sites (tertiary alicyclic amines) is 1. The molecule has 1 aromatic heterocycles. The number of nitrogens with zero attached hydrogens (tertiary/aromatic N) is 2. The highest BCUT2D eigenvalue weighted by molar-refractivity contribution is 6.30. The van der Waals surface area contributed by atoms with Gasteiger partial charge >= 0.3 is 6.03 Å². The van der Waals surface area contributed by atoms with Crippen LogP contribution in [0.4, 0.5) is 13.6 Å². The molecule has 2 amide bonds. The summed E-state index contributed by atoms with van der Waals surface area (Å²) < 4.78 is 31.0. The Morgan fingerprint density at radius 2 is 1.95 bits per heavy atom. The molecule has 2 heterocycles. The number of fused-ring (bicyclic) bond motifs is 1. The topological polar surface area (TPSA) is 106 Å². The van der Waals surface area contributed by atoms with Crippen molar-refractivity contribution in [2.24, 2.45) is 5.73 Å². The van der Waals surface area contributed by atoms with Crippen LogP contribution in [0.5, 0.6) is 0 Å². The van der Waals surface area contributed by atoms with E-state index in [-0.39, 0.29) is 49.4 Å². The lowest BCUT2D eigenvalue weighted by molar-refractivity contribution is -0.137. The fraction of sp³-hybridized carbons (Fsp3) is 0.370. The van der Waals surface area contributed by atoms with Gasteiger partial charge in [0.05, 0.1) is 29.5 Å². The molecule has 0 spiro atoms. The third kappa shape index (κ3) is 5.52. The van der Waals surface area contributed by atoms with Gasteiger partial charge in [-0.3, -0.25) is 14.2 Å². The van der Waals surface area contributed by atoms with Crippen LogP contribution in [-0.2, 0) is 16.0 Å². The first-order valence-electron chi connectivity index (χ1n) is 12.0. The number of alkyl halides is 1. The Balaban J connectivity index is 1.59. The lowest BCUT2D eigenvalue weighted by Crippen LogP contribution is -2.42. The second-order valence-corrected chi connectivity index (χ2v) is 10.1. The maximum Gasteiger partial charge on any atom is 0.323 e. The van der Waals surface area contributed by atoms with Gasteiger partial charge < -0.3 is 15.7 Å². The highest BCUT2D eigenvalue weighted by Gasteiger charge is 2.46. The van der Waals surface area contributed by atoms with Crippen LogP contribution in [0.1, 0.15) is 43.2 Å². The average molecular weight is 532 g/mol. The molecule has 0 bridgehead atoms. The number of carbonyl (C=O) groups excluding carboxylic acids is 3. The average Bonchev–Trinajstić information content (AvgIpc) is 3.38. The minimum atomic E-state index is -1.79. The molecule has 2 aromatic carbocycles. The zero-order chi connectivity index (χ0) is 26.9. The Kier molecular flexibility index (Phi) is 7.66. The molecule has 3 atom stereocenters. The molecule has 3 N–H and O–H groups in total. The lowest BCUT2D eigenvalue weighted by Gasteiger charge is -2.25. The van der Waals surface area contributed by atoms with Crippen molar-refractivity contribution in [3.63, 3.8) is 0 Å². The number of para-hydroxylation sites is 1. The molecule has 0 radical (unpaired) electrons. The Bertz CT molecular complexity index is 1360. The number of carbonyl (C=O) groups is 3. The third-order valence-corrected chi connectivity index (χ3v) is 7.20. The highest BCUT2D eigenvalue weighted by atomic mass is 35.5. The summed E-state index contributed by atoms with van der Waals surface area (Å²) in [6.45, 7) is 0.774. The molecule has 0 unspecified atom stereocenters. The summed E-state index contributed by atoms with van der Waals surface area (Å²) >= 11 is 5.91. The Labute approximate surface area is 217 Å². The number of nitrogens with two attached hydrogens (primary N) is 1. The number of Topliss-reactive ketones (excluding diaryl/α,β-unsaturated/α-hetero) is 1. The summed E-state index contributed by atoms with van der Waals surface area (Å²) in [5.74, 6) is -2.25. The summed E-state index contributed by atoms with van der Waals surface area (Å²) in [7, 11) is 0. The zero-order valence-corrected chi connectivity index (χ0v) is 21.0. The van der Waals surface area contributed by atoms with E-state index in [2.05, 4.69) is 0 Å². The first-order chi connectivity index (χ1) is 17.5. The van der Waals surface area contributed by atoms with Crippen LogP contribution in [0.25, 0.3) is 10.9 Å². The van der Waals surface area contributed by atoms with Crippen molar-refractivity contribution < 1.29 is 28.3 Å². The van der Waals surface area contributed by atoms with E-state index in [0.717, 1.165) is 0 Å². The standard InChI is InChI=1S/C27H28ClF2N3O4/c1-27(30)13-22(23(35)11-16(9-10-34)19-6-4-7-20(28)25(19)29)33(15-27)24(36)12-17-14-32(26(31)37)21-8-3-2-5-18(17)21/h2-8,14,16,22,34H,9-13,15H2,1H3,(H2,31,37)/t16-,22-,27+/m0/s1. The number of rotatable bonds is 8. The predicted molar refractivity (Wildman–Crippen MR) is 136 cm³/mol. The van der Waals surface area contributed by atoms with E-state index in [1.54, 1.807) is 30.3 Å². The minimum Gasteiger partial charge on any atom is -0.396 e. The molecule has 1 fully saturated rings. The van der Waals surface area contributed by atoms with Gasteiger partial charge in [0.1, 0.15) is 11.5 Å². The van der Waals surface area contributed by atoms with Crippen molar-refractivity contribution in [3.05, 3.63) is 70.6 Å². The van der Waals surface area contributed by atoms with Gasteiger partial charge in [0.15, 0.2) is 5.78 Å². The number of hydrogen-bond acceptors (Lipinski definition) is 4. The number of primary amides is 1. The number of ketones is 1. The smallest absolute Gasteiger partial charge is 0.323 e. The van der Waals surface area contributed by atoms with E-state index in [4.69, 9.17) is 17.3 Å². The molecular weight excluding hydrogens is 504 g/mol. The fourth-order valence-electron chi connectivity index (χ4n) is 5.17. The lowest BCUT2D eigenvalue weighted by atomic mass is 9.87. The van der Waals surface area contributed by atoms with Crippen LogP contribution in [0, 0.1) is 5.82 Å². The van der Waals surface area contributed by atoms with Gasteiger partial charge in [0, 0.05) is 31.0 Å². The summed E-state index contributed by atoms with van der Waals surface area (Å²) in [6.07, 6.45) is 1.03. The maximum absolute atomic E-state index is 15.1. The number of hydrogen-bond donors (Lipinski definition) is 2. The molecule has 10 heteroatoms. The summed E-state index contributed by atoms with van der Waals surface area (Å²) in [6, 6.07) is 9.65. The normalized spacial score (nSPS) is 20.4. The Morgan fingerprint density at radius 3 is 2.65 bits per heavy atom. The number of aromatic nitrogens is 1. The van der Waals surface area contributed by atoms with Crippen molar-refractivity contribution in [1.29, 1.82) is 0 Å². The summed E-state index contributed by atoms with van der Waals surface area (Å²) in [4.78, 5) is 39.9. The number of amides is 2. The van der Waals surface area contributed by atoms with Crippen LogP contribution in [-0.4, -0.2) is 57.2 Å². The number of aliphatic hydroxyl groups excluding tert-OH is 1. The largest absolute Gasteiger partial charge is 0.396 e. The van der Waals surface area contributed by atoms with E-state index in [0.29, 0.717) is 16.5 Å². The molecular formula is C27H28ClF2N3O4. The SMILES string of the molecule is C[C@@]1(F)C[C@@H](C(=O)C[C@H](CCO)c2cccc(Cl)c2F)N(C(=O)Cc2cn(C(N)=O)c3ccccc23)C1. The molecule has 0 aliphatic carbocycles. The Morgan fingerprint density at radius 1 is 1.22 bits per heavy atom. The second-order valence-electron chi connectivity index (χ2n) is 9.73. The first kappa shape index (κ1) is 26.8. The third-order valence-electron chi connectivity index (χ3n) is 6.91. The van der Waals surface area contributed by atoms with Crippen LogP contribution < -0.4 is 5.73 Å². The van der Waals surface area contributed by atoms with Crippen molar-refractivity contribution in [2.45, 2.75) is 50.2 Å². The van der Waals surface area contributed by atoms with E-state index >= 15 is 4.39 Å². The van der Waals surface area contributed by atoms with Gasteiger partial charge in [-0.1, -0.05) is 41.9 Å². The van der Waals surface area contributed by atoms with Gasteiger partial charge in [0.2, 0.25) is 5.91 Å². The van der Waals surface area contributed by atoms with E-state index in [1.807, 2.05) is 0 Å². The summed E-state index contributed by atoms with van der Waals surface area (Å²) in [5, 5.41) is 10.1. The Hall–Kier alpha value is -3.30. The number of halogens is 3. The molecule has 196 valence electrons. The number of aliphatic hydroxyl groups is 1. The van der Waals surface area contributed by atoms with E-state index in [9.17, 15) is 23.9 Å². The molecule has 1 aliphatic heterocycles. The van der Waals surface area contributed by atoms with Gasteiger partial charge in [-0.25, -0.2) is 13.6 Å². The molecule has 37 heavy (non-hydrogen) atoms. The molecule has 4 rings (SSSR count). The van der Waals surface area contributed by atoms with Crippen LogP contribution in [0.15, 0.2) is 48.7 Å². The van der Waals surface area contributed by atoms with E-state index in [1.165, 1.54) is 34.7 Å². The molecule has 3 aromatic rings. The minimum absolute atomic E-state index is 0.1000. The van der Waals surface area contributed by atoms with Crippen LogP contribution in [0.2, 0.25) is 5.02 Å². The van der Waals surface area contributed by atoms with Crippen LogP contribution in [0.3, 0.4) is 0 Å². The van der Waals surface area contributed by atoms with Gasteiger partial charge in [0.25, 0.3) is 0 Å². The van der Waals surface area contributed by atoms with Gasteiger partial charge in [-0.2, -0.15) is 0 Å². The molecule has 1 aliphatic rings. The molecule has 0 saturated carbocycles. The van der Waals surface area contributed by atoms with Gasteiger partial charge in [-0.15, -0.1) is 0 Å².